The zero-order valence-electron chi connectivity index (χ0n) is 16.5. The molecule has 6 nitrogen and oxygen atoms in total. The Morgan fingerprint density at radius 3 is 2.68 bits per heavy atom. The highest BCUT2D eigenvalue weighted by atomic mass is 16.6. The molecule has 3 rings (SSSR count). The number of benzene rings is 2. The van der Waals surface area contributed by atoms with Gasteiger partial charge in [-0.3, -0.25) is 4.79 Å². The minimum Gasteiger partial charge on any atom is -0.493 e. The largest absolute Gasteiger partial charge is 0.493 e. The lowest BCUT2D eigenvalue weighted by Gasteiger charge is -2.18. The zero-order valence-corrected chi connectivity index (χ0v) is 16.5. The van der Waals surface area contributed by atoms with Crippen LogP contribution in [0.1, 0.15) is 18.9 Å². The molecule has 0 spiro atoms. The van der Waals surface area contributed by atoms with Gasteiger partial charge in [-0.25, -0.2) is 0 Å². The summed E-state index contributed by atoms with van der Waals surface area (Å²) in [5, 5.41) is 2.84. The average Bonchev–Trinajstić information content (AvgIpc) is 2.70. The molecular weight excluding hydrogens is 356 g/mol. The number of hydrogen-bond donors (Lipinski definition) is 1. The van der Waals surface area contributed by atoms with Crippen LogP contribution in [-0.2, 0) is 4.79 Å². The second-order valence-electron chi connectivity index (χ2n) is 6.65. The Hall–Kier alpha value is -3.15. The fourth-order valence-electron chi connectivity index (χ4n) is 2.75. The molecule has 1 amide bonds. The molecule has 1 aliphatic heterocycles. The quantitative estimate of drug-likeness (QED) is 0.735. The molecule has 2 aromatic carbocycles. The molecule has 0 saturated heterocycles. The van der Waals surface area contributed by atoms with Crippen LogP contribution in [0.3, 0.4) is 0 Å². The summed E-state index contributed by atoms with van der Waals surface area (Å²) in [7, 11) is 3.96. The van der Waals surface area contributed by atoms with E-state index in [1.807, 2.05) is 37.2 Å². The second-order valence-corrected chi connectivity index (χ2v) is 6.65. The van der Waals surface area contributed by atoms with Crippen molar-refractivity contribution >= 4 is 23.4 Å². The number of rotatable bonds is 7. The normalized spacial score (nSPS) is 12.7. The van der Waals surface area contributed by atoms with Gasteiger partial charge in [-0.15, -0.1) is 0 Å². The molecule has 0 aliphatic carbocycles. The lowest BCUT2D eigenvalue weighted by atomic mass is 10.1. The number of nitrogens with zero attached hydrogens (tertiary/aromatic N) is 1. The van der Waals surface area contributed by atoms with E-state index in [4.69, 9.17) is 14.2 Å². The number of ether oxygens (including phenoxy) is 3. The van der Waals surface area contributed by atoms with Gasteiger partial charge in [-0.05, 0) is 36.8 Å². The van der Waals surface area contributed by atoms with Crippen molar-refractivity contribution < 1.29 is 19.0 Å². The standard InChI is InChI=1S/C22H26N2O4/c1-4-11-26-20-15-18(24(2)3)8-5-16(20)6-10-22(25)23-17-7-9-19-21(14-17)28-13-12-27-19/h5-10,14-15H,4,11-13H2,1-3H3,(H,23,25)/b10-6+. The van der Waals surface area contributed by atoms with Crippen LogP contribution in [0.25, 0.3) is 6.08 Å². The predicted molar refractivity (Wildman–Crippen MR) is 112 cm³/mol. The monoisotopic (exact) mass is 382 g/mol. The third-order valence-corrected chi connectivity index (χ3v) is 4.20. The van der Waals surface area contributed by atoms with E-state index >= 15 is 0 Å². The van der Waals surface area contributed by atoms with E-state index in [-0.39, 0.29) is 5.91 Å². The number of anilines is 2. The summed E-state index contributed by atoms with van der Waals surface area (Å²) >= 11 is 0. The van der Waals surface area contributed by atoms with E-state index < -0.39 is 0 Å². The van der Waals surface area contributed by atoms with Gasteiger partial charge >= 0.3 is 0 Å². The molecule has 2 aromatic rings. The van der Waals surface area contributed by atoms with Crippen molar-refractivity contribution in [2.24, 2.45) is 0 Å². The van der Waals surface area contributed by atoms with Crippen molar-refractivity contribution in [3.05, 3.63) is 48.0 Å². The summed E-state index contributed by atoms with van der Waals surface area (Å²) in [6.07, 6.45) is 4.18. The number of nitrogens with one attached hydrogen (secondary N) is 1. The van der Waals surface area contributed by atoms with Crippen LogP contribution in [0.4, 0.5) is 11.4 Å². The van der Waals surface area contributed by atoms with Crippen molar-refractivity contribution in [2.75, 3.05) is 44.1 Å². The van der Waals surface area contributed by atoms with E-state index in [2.05, 4.69) is 12.2 Å². The van der Waals surface area contributed by atoms with Crippen LogP contribution < -0.4 is 24.4 Å². The van der Waals surface area contributed by atoms with Gasteiger partial charge in [0.05, 0.1) is 6.61 Å². The Labute approximate surface area is 165 Å². The lowest BCUT2D eigenvalue weighted by molar-refractivity contribution is -0.111. The summed E-state index contributed by atoms with van der Waals surface area (Å²) in [5.74, 6) is 1.87. The fourth-order valence-corrected chi connectivity index (χ4v) is 2.75. The second kappa shape index (κ2) is 9.17. The van der Waals surface area contributed by atoms with Crippen LogP contribution in [0.2, 0.25) is 0 Å². The summed E-state index contributed by atoms with van der Waals surface area (Å²) in [4.78, 5) is 14.4. The maximum absolute atomic E-state index is 12.3. The zero-order chi connectivity index (χ0) is 19.9. The lowest BCUT2D eigenvalue weighted by Crippen LogP contribution is -2.16. The van der Waals surface area contributed by atoms with E-state index in [1.165, 1.54) is 6.08 Å². The smallest absolute Gasteiger partial charge is 0.248 e. The third-order valence-electron chi connectivity index (χ3n) is 4.20. The summed E-state index contributed by atoms with van der Waals surface area (Å²) < 4.78 is 16.9. The van der Waals surface area contributed by atoms with Gasteiger partial charge in [0.25, 0.3) is 0 Å². The highest BCUT2D eigenvalue weighted by molar-refractivity contribution is 6.02. The van der Waals surface area contributed by atoms with Crippen molar-refractivity contribution in [2.45, 2.75) is 13.3 Å². The van der Waals surface area contributed by atoms with E-state index in [1.54, 1.807) is 24.3 Å². The predicted octanol–water partition coefficient (Wildman–Crippen LogP) is 3.96. The maximum Gasteiger partial charge on any atom is 0.248 e. The van der Waals surface area contributed by atoms with Crippen molar-refractivity contribution in [1.29, 1.82) is 0 Å². The van der Waals surface area contributed by atoms with Gasteiger partial charge in [0, 0.05) is 49.2 Å². The molecule has 6 heteroatoms. The first-order valence-corrected chi connectivity index (χ1v) is 9.39. The molecule has 148 valence electrons. The molecule has 28 heavy (non-hydrogen) atoms. The fraction of sp³-hybridized carbons (Fsp3) is 0.318. The molecule has 1 heterocycles. The third kappa shape index (κ3) is 4.97. The Balaban J connectivity index is 1.71. The molecule has 1 N–H and O–H groups in total. The summed E-state index contributed by atoms with van der Waals surface area (Å²) in [5.41, 5.74) is 2.56. The first kappa shape index (κ1) is 19.6. The number of amides is 1. The molecule has 0 saturated carbocycles. The van der Waals surface area contributed by atoms with Gasteiger partial charge in [0.15, 0.2) is 11.5 Å². The molecule has 1 aliphatic rings. The molecule has 0 unspecified atom stereocenters. The number of carbonyl (C=O) groups excluding carboxylic acids is 1. The Bertz CT molecular complexity index is 862. The SMILES string of the molecule is CCCOc1cc(N(C)C)ccc1/C=C/C(=O)Nc1ccc2c(c1)OCCO2. The highest BCUT2D eigenvalue weighted by Gasteiger charge is 2.12. The van der Waals surface area contributed by atoms with Gasteiger partial charge in [-0.2, -0.15) is 0 Å². The minimum absolute atomic E-state index is 0.227. The van der Waals surface area contributed by atoms with Gasteiger partial charge in [0.2, 0.25) is 5.91 Å². The van der Waals surface area contributed by atoms with E-state index in [0.717, 1.165) is 23.4 Å². The average molecular weight is 382 g/mol. The van der Waals surface area contributed by atoms with Crippen LogP contribution in [0.15, 0.2) is 42.5 Å². The minimum atomic E-state index is -0.227. The van der Waals surface area contributed by atoms with Crippen molar-refractivity contribution in [3.8, 4) is 17.2 Å². The van der Waals surface area contributed by atoms with Gasteiger partial charge in [0.1, 0.15) is 19.0 Å². The highest BCUT2D eigenvalue weighted by Crippen LogP contribution is 2.32. The molecule has 0 atom stereocenters. The van der Waals surface area contributed by atoms with Crippen LogP contribution in [0, 0.1) is 0 Å². The number of hydrogen-bond acceptors (Lipinski definition) is 5. The van der Waals surface area contributed by atoms with Crippen LogP contribution in [-0.4, -0.2) is 39.8 Å². The summed E-state index contributed by atoms with van der Waals surface area (Å²) in [6, 6.07) is 11.3. The van der Waals surface area contributed by atoms with Crippen molar-refractivity contribution in [1.82, 2.24) is 0 Å². The molecule has 0 radical (unpaired) electrons. The Kier molecular flexibility index (Phi) is 6.42. The summed E-state index contributed by atoms with van der Waals surface area (Å²) in [6.45, 7) is 3.73. The molecular formula is C22H26N2O4. The van der Waals surface area contributed by atoms with E-state index in [9.17, 15) is 4.79 Å². The first-order chi connectivity index (χ1) is 13.6. The molecule has 0 bridgehead atoms. The molecule has 0 aromatic heterocycles. The first-order valence-electron chi connectivity index (χ1n) is 9.39. The molecule has 0 fully saturated rings. The van der Waals surface area contributed by atoms with Crippen molar-refractivity contribution in [3.63, 3.8) is 0 Å². The Morgan fingerprint density at radius 1 is 1.14 bits per heavy atom. The van der Waals surface area contributed by atoms with E-state index in [0.29, 0.717) is 37.0 Å². The van der Waals surface area contributed by atoms with Gasteiger partial charge < -0.3 is 24.4 Å². The number of carbonyl (C=O) groups is 1. The maximum atomic E-state index is 12.3. The van der Waals surface area contributed by atoms with Crippen LogP contribution in [0.5, 0.6) is 17.2 Å². The van der Waals surface area contributed by atoms with Gasteiger partial charge in [-0.1, -0.05) is 6.92 Å². The topological polar surface area (TPSA) is 60.0 Å². The number of fused-ring (bicyclic) bond motifs is 1. The van der Waals surface area contributed by atoms with Crippen LogP contribution >= 0.6 is 0 Å². The Morgan fingerprint density at radius 2 is 1.93 bits per heavy atom.